The maximum atomic E-state index is 5.60. The Kier molecular flexibility index (Phi) is 11.9. The van der Waals surface area contributed by atoms with Gasteiger partial charge in [-0.25, -0.2) is 9.97 Å². The van der Waals surface area contributed by atoms with Crippen molar-refractivity contribution >= 4 is 112 Å². The van der Waals surface area contributed by atoms with Crippen LogP contribution in [-0.2, 0) is 5.88 Å². The topological polar surface area (TPSA) is 25.8 Å². The Balaban J connectivity index is 0.000000463. The summed E-state index contributed by atoms with van der Waals surface area (Å²) in [7, 11) is 44.1. The number of halogens is 1. The van der Waals surface area contributed by atoms with Gasteiger partial charge in [0.25, 0.3) is 0 Å². The largest absolute Gasteiger partial charge is 0.241 e. The predicted octanol–water partition coefficient (Wildman–Crippen LogP) is -3.50. The van der Waals surface area contributed by atoms with E-state index >= 15 is 0 Å². The summed E-state index contributed by atoms with van der Waals surface area (Å²) >= 11 is 5.60. The van der Waals surface area contributed by atoms with Crippen LogP contribution in [0, 0.1) is 13.8 Å². The number of hydrogen-bond donors (Lipinski definition) is 0. The molecule has 0 aliphatic heterocycles. The number of nitrogens with zero attached hydrogens (tertiary/aromatic N) is 2. The van der Waals surface area contributed by atoms with E-state index in [4.69, 9.17) is 73.5 Å². The van der Waals surface area contributed by atoms with Crippen molar-refractivity contribution in [2.75, 3.05) is 0 Å². The minimum atomic E-state index is -0.760. The molecule has 0 bridgehead atoms. The van der Waals surface area contributed by atoms with Crippen molar-refractivity contribution in [3.05, 3.63) is 23.3 Å². The zero-order valence-corrected chi connectivity index (χ0v) is 14.9. The SMILES string of the molecule is Cc1ncc(CCl)c(C)n1.[B]B([B])B(B([B])[B])B(B([B])[B])B([B])[B]. The maximum Gasteiger partial charge on any atom is 0.125 e. The van der Waals surface area contributed by atoms with Gasteiger partial charge in [-0.1, -0.05) is 0 Å². The van der Waals surface area contributed by atoms with Gasteiger partial charge in [0.15, 0.2) is 0 Å². The van der Waals surface area contributed by atoms with Gasteiger partial charge in [-0.3, -0.25) is 0 Å². The van der Waals surface area contributed by atoms with Crippen LogP contribution in [-0.4, -0.2) is 110 Å². The standard InChI is InChI=1S/C7H9ClN2.B14/c1-5-7(3-8)4-9-6(2)10-5;1-9(2)13(10(3)4)14(11(5)6)12(7)8/h4H,3H2,1-2H3;. The first-order chi connectivity index (χ1) is 11.0. The molecule has 0 fully saturated rings. The molecule has 1 aromatic rings. The number of hydrogen-bond acceptors (Lipinski definition) is 2. The molecule has 2 nitrogen and oxygen atoms in total. The molecule has 96 valence electrons. The molecular weight excluding hydrogens is 299 g/mol. The lowest BCUT2D eigenvalue weighted by molar-refractivity contribution is 0.980. The molecule has 0 aliphatic carbocycles. The Bertz CT molecular complexity index is 452. The Morgan fingerprint density at radius 1 is 0.833 bits per heavy atom. The van der Waals surface area contributed by atoms with Crippen LogP contribution < -0.4 is 0 Å². The highest BCUT2D eigenvalue weighted by molar-refractivity contribution is 8.10. The first-order valence-electron chi connectivity index (χ1n) is 7.42. The van der Waals surface area contributed by atoms with Crippen LogP contribution in [0.1, 0.15) is 17.1 Å². The third-order valence-corrected chi connectivity index (χ3v) is 3.86. The monoisotopic (exact) mass is 310 g/mol. The average molecular weight is 308 g/mol. The zero-order chi connectivity index (χ0) is 19.0. The van der Waals surface area contributed by atoms with E-state index in [9.17, 15) is 0 Å². The molecular formula is C7H9B14ClN2. The first kappa shape index (κ1) is 24.3. The van der Waals surface area contributed by atoms with E-state index in [1.165, 1.54) is 0 Å². The Labute approximate surface area is 164 Å². The molecule has 1 heterocycles. The van der Waals surface area contributed by atoms with Gasteiger partial charge in [0, 0.05) is 118 Å². The first-order valence-corrected chi connectivity index (χ1v) is 7.96. The third-order valence-electron chi connectivity index (χ3n) is 3.57. The van der Waals surface area contributed by atoms with Crippen LogP contribution in [0.5, 0.6) is 0 Å². The summed E-state index contributed by atoms with van der Waals surface area (Å²) in [5.41, 5.74) is 1.98. The molecule has 0 aliphatic rings. The summed E-state index contributed by atoms with van der Waals surface area (Å²) in [6, 6.07) is 0. The van der Waals surface area contributed by atoms with E-state index < -0.39 is 38.3 Å². The molecule has 0 aromatic carbocycles. The highest BCUT2D eigenvalue weighted by Gasteiger charge is 2.35. The molecule has 0 spiro atoms. The molecule has 1 rings (SSSR count). The van der Waals surface area contributed by atoms with Crippen molar-refractivity contribution in [2.24, 2.45) is 0 Å². The number of alkyl halides is 1. The van der Waals surface area contributed by atoms with Gasteiger partial charge in [-0.2, -0.15) is 0 Å². The number of aromatic nitrogens is 2. The molecule has 16 radical (unpaired) electrons. The molecule has 0 amide bonds. The summed E-state index contributed by atoms with van der Waals surface area (Å²) < 4.78 is 0. The number of aryl methyl sites for hydroxylation is 2. The van der Waals surface area contributed by atoms with Crippen molar-refractivity contribution in [1.82, 2.24) is 9.97 Å². The molecule has 24 heavy (non-hydrogen) atoms. The van der Waals surface area contributed by atoms with Gasteiger partial charge < -0.3 is 0 Å². The second kappa shape index (κ2) is 11.8. The van der Waals surface area contributed by atoms with Crippen molar-refractivity contribution in [3.63, 3.8) is 0 Å². The van der Waals surface area contributed by atoms with Crippen LogP contribution in [0.15, 0.2) is 6.20 Å². The van der Waals surface area contributed by atoms with E-state index in [-0.39, 0.29) is 0 Å². The van der Waals surface area contributed by atoms with Gasteiger partial charge in [-0.15, -0.1) is 11.6 Å². The lowest BCUT2D eigenvalue weighted by Crippen LogP contribution is -2.72. The predicted molar refractivity (Wildman–Crippen MR) is 122 cm³/mol. The second-order valence-electron chi connectivity index (χ2n) is 5.63. The average Bonchev–Trinajstić information content (AvgIpc) is 2.43. The summed E-state index contributed by atoms with van der Waals surface area (Å²) in [6.07, 6.45) is -2.31. The number of rotatable bonds is 6. The van der Waals surface area contributed by atoms with Crippen molar-refractivity contribution in [3.8, 4) is 0 Å². The Morgan fingerprint density at radius 2 is 1.21 bits per heavy atom. The van der Waals surface area contributed by atoms with Crippen molar-refractivity contribution < 1.29 is 0 Å². The highest BCUT2D eigenvalue weighted by atomic mass is 35.5. The molecule has 0 saturated heterocycles. The van der Waals surface area contributed by atoms with Gasteiger partial charge in [0.1, 0.15) is 5.82 Å². The zero-order valence-electron chi connectivity index (χ0n) is 14.1. The molecule has 1 aromatic heterocycles. The van der Waals surface area contributed by atoms with Gasteiger partial charge in [0.2, 0.25) is 0 Å². The van der Waals surface area contributed by atoms with E-state index in [0.717, 1.165) is 17.1 Å². The third kappa shape index (κ3) is 8.11. The summed E-state index contributed by atoms with van der Waals surface area (Å²) in [4.78, 5) is 8.16. The lowest BCUT2D eigenvalue weighted by Gasteiger charge is -2.34. The Hall–Kier alpha value is 0.279. The fraction of sp³-hybridized carbons (Fsp3) is 0.429. The normalized spacial score (nSPS) is 9.29. The molecule has 0 unspecified atom stereocenters. The summed E-state index contributed by atoms with van der Waals surface area (Å²) in [5.74, 6) is 1.29. The lowest BCUT2D eigenvalue weighted by atomic mass is 8.47. The van der Waals surface area contributed by atoms with E-state index in [0.29, 0.717) is 5.88 Å². The minimum absolute atomic E-state index is 0.492. The van der Waals surface area contributed by atoms with Crippen molar-refractivity contribution in [1.29, 1.82) is 0 Å². The molecule has 0 atom stereocenters. The van der Waals surface area contributed by atoms with Crippen molar-refractivity contribution in [2.45, 2.75) is 19.7 Å². The van der Waals surface area contributed by atoms with E-state index in [1.54, 1.807) is 6.20 Å². The van der Waals surface area contributed by atoms with Crippen LogP contribution in [0.2, 0.25) is 0 Å². The quantitative estimate of drug-likeness (QED) is 0.403. The second-order valence-corrected chi connectivity index (χ2v) is 5.89. The van der Waals surface area contributed by atoms with Crippen LogP contribution in [0.3, 0.4) is 0 Å². The van der Waals surface area contributed by atoms with E-state index in [1.807, 2.05) is 13.8 Å². The van der Waals surface area contributed by atoms with E-state index in [2.05, 4.69) is 9.97 Å². The molecule has 0 saturated carbocycles. The highest BCUT2D eigenvalue weighted by Crippen LogP contribution is 2.05. The molecule has 17 heteroatoms. The summed E-state index contributed by atoms with van der Waals surface area (Å²) in [5, 5.41) is 0. The molecule has 0 N–H and O–H groups in total. The van der Waals surface area contributed by atoms with Crippen LogP contribution in [0.4, 0.5) is 0 Å². The van der Waals surface area contributed by atoms with Crippen LogP contribution >= 0.6 is 11.6 Å². The van der Waals surface area contributed by atoms with Crippen LogP contribution in [0.25, 0.3) is 0 Å². The maximum absolute atomic E-state index is 5.60. The van der Waals surface area contributed by atoms with Gasteiger partial charge in [0.05, 0.1) is 5.88 Å². The fourth-order valence-corrected chi connectivity index (χ4v) is 2.54. The smallest absolute Gasteiger partial charge is 0.125 e. The van der Waals surface area contributed by atoms with Gasteiger partial charge >= 0.3 is 0 Å². The summed E-state index contributed by atoms with van der Waals surface area (Å²) in [6.45, 7) is 3.80. The van der Waals surface area contributed by atoms with Gasteiger partial charge in [-0.05, 0) is 13.8 Å². The fourth-order valence-electron chi connectivity index (χ4n) is 2.28. The Morgan fingerprint density at radius 3 is 1.46 bits per heavy atom. The minimum Gasteiger partial charge on any atom is -0.241 e.